The molecule has 11 heteroatoms. The van der Waals surface area contributed by atoms with E-state index in [4.69, 9.17) is 14.3 Å². The molecule has 0 atom stereocenters. The van der Waals surface area contributed by atoms with Crippen LogP contribution >= 0.6 is 0 Å². The third-order valence-electron chi connectivity index (χ3n) is 7.13. The number of carboxylic acid groups (broad SMARTS) is 1. The van der Waals surface area contributed by atoms with Gasteiger partial charge in [0.15, 0.2) is 16.8 Å². The highest BCUT2D eigenvalue weighted by molar-refractivity contribution is 6.03. The number of hydrogen-bond donors (Lipinski definition) is 2. The first-order chi connectivity index (χ1) is 18.3. The number of piperazine rings is 2. The van der Waals surface area contributed by atoms with E-state index in [2.05, 4.69) is 27.1 Å². The molecule has 2 N–H and O–H groups in total. The van der Waals surface area contributed by atoms with E-state index in [1.54, 1.807) is 25.3 Å². The first kappa shape index (κ1) is 25.4. The lowest BCUT2D eigenvalue weighted by Crippen LogP contribution is -2.48. The highest BCUT2D eigenvalue weighted by Gasteiger charge is 2.23. The second kappa shape index (κ2) is 10.6. The van der Waals surface area contributed by atoms with E-state index in [1.165, 1.54) is 11.0 Å². The van der Waals surface area contributed by atoms with Gasteiger partial charge in [-0.05, 0) is 37.4 Å². The van der Waals surface area contributed by atoms with E-state index in [0.717, 1.165) is 37.6 Å². The van der Waals surface area contributed by atoms with E-state index < -0.39 is 12.0 Å². The number of nitrogens with one attached hydrogen (secondary N) is 1. The average Bonchev–Trinajstić information content (AvgIpc) is 2.93. The quantitative estimate of drug-likeness (QED) is 0.522. The Labute approximate surface area is 219 Å². The Bertz CT molecular complexity index is 1390. The van der Waals surface area contributed by atoms with Gasteiger partial charge in [-0.15, -0.1) is 0 Å². The number of fused-ring (bicyclic) bond motifs is 1. The van der Waals surface area contributed by atoms with E-state index in [1.807, 2.05) is 18.2 Å². The van der Waals surface area contributed by atoms with Crippen molar-refractivity contribution in [3.63, 3.8) is 0 Å². The van der Waals surface area contributed by atoms with Crippen LogP contribution in [0.25, 0.3) is 11.0 Å². The van der Waals surface area contributed by atoms with Gasteiger partial charge >= 0.3 is 6.09 Å². The van der Waals surface area contributed by atoms with Crippen LogP contribution in [-0.2, 0) is 0 Å². The van der Waals surface area contributed by atoms with Crippen LogP contribution in [0.1, 0.15) is 10.6 Å². The third-order valence-corrected chi connectivity index (χ3v) is 7.13. The molecule has 2 saturated heterocycles. The Morgan fingerprint density at radius 1 is 0.921 bits per heavy atom. The summed E-state index contributed by atoms with van der Waals surface area (Å²) in [5, 5.41) is 12.3. The van der Waals surface area contributed by atoms with Crippen LogP contribution in [0.15, 0.2) is 51.7 Å². The van der Waals surface area contributed by atoms with Crippen molar-refractivity contribution in [1.29, 1.82) is 0 Å². The fraction of sp³-hybridized carbons (Fsp3) is 0.370. The molecule has 0 saturated carbocycles. The molecule has 2 fully saturated rings. The summed E-state index contributed by atoms with van der Waals surface area (Å²) in [4.78, 5) is 45.1. The van der Waals surface area contributed by atoms with Crippen molar-refractivity contribution in [3.05, 3.63) is 58.4 Å². The van der Waals surface area contributed by atoms with Crippen molar-refractivity contribution in [2.24, 2.45) is 0 Å². The molecule has 38 heavy (non-hydrogen) atoms. The molecule has 3 aromatic rings. The first-order valence-electron chi connectivity index (χ1n) is 12.6. The van der Waals surface area contributed by atoms with Crippen molar-refractivity contribution in [2.75, 3.05) is 81.6 Å². The SMILES string of the molecule is COc1cc(N2CCN(C)CC2)c2oc(C(=O)Nc3ccc(N4CCN(C(=O)O)CC4)cc3)cc(=O)c2c1. The number of carbonyl (C=O) groups is 2. The number of rotatable bonds is 5. The number of carbonyl (C=O) groups excluding carboxylic acids is 1. The monoisotopic (exact) mass is 521 g/mol. The summed E-state index contributed by atoms with van der Waals surface area (Å²) in [6.07, 6.45) is -0.905. The molecule has 0 radical (unpaired) electrons. The Morgan fingerprint density at radius 2 is 1.58 bits per heavy atom. The number of benzene rings is 2. The third kappa shape index (κ3) is 5.23. The predicted octanol–water partition coefficient (Wildman–Crippen LogP) is 2.61. The fourth-order valence-electron chi connectivity index (χ4n) is 4.83. The number of ether oxygens (including phenoxy) is 1. The Hall–Kier alpha value is -4.25. The van der Waals surface area contributed by atoms with Crippen molar-refractivity contribution < 1.29 is 23.8 Å². The zero-order valence-corrected chi connectivity index (χ0v) is 21.5. The van der Waals surface area contributed by atoms with E-state index in [9.17, 15) is 14.4 Å². The maximum Gasteiger partial charge on any atom is 0.407 e. The molecule has 0 bridgehead atoms. The molecule has 2 amide bonds. The number of amides is 2. The molecule has 11 nitrogen and oxygen atoms in total. The van der Waals surface area contributed by atoms with Crippen LogP contribution in [-0.4, -0.2) is 93.4 Å². The van der Waals surface area contributed by atoms with E-state index in [0.29, 0.717) is 48.6 Å². The van der Waals surface area contributed by atoms with Crippen LogP contribution in [0, 0.1) is 0 Å². The van der Waals surface area contributed by atoms with Crippen LogP contribution in [0.4, 0.5) is 21.9 Å². The summed E-state index contributed by atoms with van der Waals surface area (Å²) in [6.45, 7) is 5.34. The molecular formula is C27H31N5O6. The molecular weight excluding hydrogens is 490 g/mol. The van der Waals surface area contributed by atoms with Gasteiger partial charge < -0.3 is 39.2 Å². The Morgan fingerprint density at radius 3 is 2.21 bits per heavy atom. The van der Waals surface area contributed by atoms with Crippen molar-refractivity contribution in [2.45, 2.75) is 0 Å². The molecule has 2 aliphatic heterocycles. The minimum atomic E-state index is -0.905. The van der Waals surface area contributed by atoms with Crippen molar-refractivity contribution in [3.8, 4) is 5.75 Å². The van der Waals surface area contributed by atoms with Gasteiger partial charge in [0.05, 0.1) is 18.2 Å². The molecule has 0 aliphatic carbocycles. The van der Waals surface area contributed by atoms with Gasteiger partial charge in [-0.2, -0.15) is 0 Å². The van der Waals surface area contributed by atoms with E-state index in [-0.39, 0.29) is 11.2 Å². The van der Waals surface area contributed by atoms with Crippen molar-refractivity contribution >= 4 is 40.0 Å². The molecule has 2 aliphatic rings. The van der Waals surface area contributed by atoms with Crippen LogP contribution in [0.2, 0.25) is 0 Å². The number of hydrogen-bond acceptors (Lipinski definition) is 8. The molecule has 0 unspecified atom stereocenters. The minimum absolute atomic E-state index is 0.0723. The summed E-state index contributed by atoms with van der Waals surface area (Å²) in [5.74, 6) is -0.0377. The zero-order valence-electron chi connectivity index (χ0n) is 21.5. The predicted molar refractivity (Wildman–Crippen MR) is 145 cm³/mol. The van der Waals surface area contributed by atoms with Gasteiger partial charge in [0, 0.05) is 75.9 Å². The summed E-state index contributed by atoms with van der Waals surface area (Å²) < 4.78 is 11.5. The van der Waals surface area contributed by atoms with Gasteiger partial charge in [-0.3, -0.25) is 9.59 Å². The lowest BCUT2D eigenvalue weighted by molar-refractivity contribution is 0.0997. The second-order valence-corrected chi connectivity index (χ2v) is 9.55. The van der Waals surface area contributed by atoms with Crippen LogP contribution < -0.4 is 25.3 Å². The number of likely N-dealkylation sites (N-methyl/N-ethyl adjacent to an activating group) is 1. The smallest absolute Gasteiger partial charge is 0.407 e. The topological polar surface area (TPSA) is 119 Å². The number of methoxy groups -OCH3 is 1. The lowest BCUT2D eigenvalue weighted by atomic mass is 10.1. The number of nitrogens with zero attached hydrogens (tertiary/aromatic N) is 4. The highest BCUT2D eigenvalue weighted by atomic mass is 16.5. The molecule has 2 aromatic carbocycles. The maximum absolute atomic E-state index is 13.1. The van der Waals surface area contributed by atoms with Gasteiger partial charge in [-0.25, -0.2) is 4.79 Å². The molecule has 5 rings (SSSR count). The first-order valence-corrected chi connectivity index (χ1v) is 12.6. The average molecular weight is 522 g/mol. The van der Waals surface area contributed by atoms with Gasteiger partial charge in [0.1, 0.15) is 5.75 Å². The molecule has 0 spiro atoms. The second-order valence-electron chi connectivity index (χ2n) is 9.55. The molecule has 3 heterocycles. The fourth-order valence-corrected chi connectivity index (χ4v) is 4.83. The maximum atomic E-state index is 13.1. The minimum Gasteiger partial charge on any atom is -0.497 e. The standard InChI is InChI=1S/C27H31N5O6/c1-29-7-9-31(10-8-29)22-16-20(37-2)15-21-23(33)17-24(38-25(21)22)26(34)28-18-3-5-19(6-4-18)30-11-13-32(14-12-30)27(35)36/h3-6,15-17H,7-14H2,1-2H3,(H,28,34)(H,35,36). The molecule has 200 valence electrons. The zero-order chi connectivity index (χ0) is 26.8. The van der Waals surface area contributed by atoms with Gasteiger partial charge in [0.2, 0.25) is 0 Å². The van der Waals surface area contributed by atoms with Crippen LogP contribution in [0.5, 0.6) is 5.75 Å². The van der Waals surface area contributed by atoms with Gasteiger partial charge in [0.25, 0.3) is 5.91 Å². The number of anilines is 3. The summed E-state index contributed by atoms with van der Waals surface area (Å²) in [7, 11) is 3.62. The highest BCUT2D eigenvalue weighted by Crippen LogP contribution is 2.32. The van der Waals surface area contributed by atoms with E-state index >= 15 is 0 Å². The summed E-state index contributed by atoms with van der Waals surface area (Å²) >= 11 is 0. The Balaban J connectivity index is 1.36. The van der Waals surface area contributed by atoms with Crippen molar-refractivity contribution in [1.82, 2.24) is 9.80 Å². The normalized spacial score (nSPS) is 16.5. The van der Waals surface area contributed by atoms with Crippen LogP contribution in [0.3, 0.4) is 0 Å². The van der Waals surface area contributed by atoms with Gasteiger partial charge in [-0.1, -0.05) is 0 Å². The summed E-state index contributed by atoms with van der Waals surface area (Å²) in [6, 6.07) is 12.0. The molecule has 1 aromatic heterocycles. The largest absolute Gasteiger partial charge is 0.497 e. The lowest BCUT2D eigenvalue weighted by Gasteiger charge is -2.34. The summed E-state index contributed by atoms with van der Waals surface area (Å²) in [5.41, 5.74) is 2.27. The Kier molecular flexibility index (Phi) is 7.10.